The average molecular weight is 794 g/mol. The second kappa shape index (κ2) is 14.1. The molecule has 0 radical (unpaired) electrons. The molecule has 0 N–H and O–H groups in total. The normalized spacial score (nSPS) is 10.6. The number of benzene rings is 2. The Labute approximate surface area is 297 Å². The quantitative estimate of drug-likeness (QED) is 0.123. The molecule has 0 bridgehead atoms. The summed E-state index contributed by atoms with van der Waals surface area (Å²) in [6.07, 6.45) is 13.4. The minimum atomic E-state index is 0. The van der Waals surface area contributed by atoms with Crippen molar-refractivity contribution in [2.75, 3.05) is 0 Å². The van der Waals surface area contributed by atoms with E-state index in [1.807, 2.05) is 65.2 Å². The molecule has 6 aromatic heterocycles. The topological polar surface area (TPSA) is 101 Å². The molecule has 8 aromatic rings. The molecule has 6 heterocycles. The molecular weight excluding hydrogens is 775 g/mol. The van der Waals surface area contributed by atoms with Gasteiger partial charge >= 0.3 is 40.8 Å². The summed E-state index contributed by atoms with van der Waals surface area (Å²) in [7, 11) is 0. The minimum Gasteiger partial charge on any atom is -0.501 e. The summed E-state index contributed by atoms with van der Waals surface area (Å²) in [4.78, 5) is 26.5. The van der Waals surface area contributed by atoms with Crippen LogP contribution in [0.4, 0.5) is 0 Å². The fourth-order valence-corrected chi connectivity index (χ4v) is 4.95. The van der Waals surface area contributed by atoms with E-state index in [1.54, 1.807) is 55.6 Å². The third-order valence-electron chi connectivity index (χ3n) is 6.91. The first kappa shape index (κ1) is 31.8. The summed E-state index contributed by atoms with van der Waals surface area (Å²) >= 11 is 0. The van der Waals surface area contributed by atoms with Gasteiger partial charge in [-0.1, -0.05) is 59.8 Å². The smallest absolute Gasteiger partial charge is 0.501 e. The zero-order valence-corrected chi connectivity index (χ0v) is 27.2. The number of ether oxygens (including phenoxy) is 2. The number of hydrogen-bond acceptors (Lipinski definition) is 8. The van der Waals surface area contributed by atoms with Gasteiger partial charge in [-0.2, -0.15) is 22.9 Å². The molecule has 11 heteroatoms. The molecule has 8 rings (SSSR count). The van der Waals surface area contributed by atoms with E-state index in [1.165, 1.54) is 0 Å². The molecule has 0 spiro atoms. The summed E-state index contributed by atoms with van der Waals surface area (Å²) < 4.78 is 14.2. The molecule has 0 fully saturated rings. The number of rotatable bonds is 7. The summed E-state index contributed by atoms with van der Waals surface area (Å²) in [5, 5.41) is 1.84. The van der Waals surface area contributed by atoms with Crippen molar-refractivity contribution >= 4 is 21.8 Å². The van der Waals surface area contributed by atoms with Crippen LogP contribution in [0.1, 0.15) is 0 Å². The van der Waals surface area contributed by atoms with Crippen LogP contribution in [0.2, 0.25) is 0 Å². The molecule has 0 saturated carbocycles. The van der Waals surface area contributed by atoms with Gasteiger partial charge in [0.15, 0.2) is 0 Å². The Hall–Kier alpha value is -5.16. The molecule has 47 heavy (non-hydrogen) atoms. The van der Waals surface area contributed by atoms with Crippen molar-refractivity contribution in [1.82, 2.24) is 34.5 Å². The largest absolute Gasteiger partial charge is 2.00 e. The van der Waals surface area contributed by atoms with Gasteiger partial charge in [-0.25, -0.2) is 9.97 Å². The number of pyridine rings is 4. The van der Waals surface area contributed by atoms with E-state index >= 15 is 0 Å². The van der Waals surface area contributed by atoms with E-state index in [-0.39, 0.29) is 40.8 Å². The molecule has 2 aromatic carbocycles. The maximum Gasteiger partial charge on any atom is 2.00 e. The Morgan fingerprint density at radius 3 is 1.43 bits per heavy atom. The summed E-state index contributed by atoms with van der Waals surface area (Å²) in [5.74, 6) is 2.28. The first-order valence-electron chi connectivity index (χ1n) is 13.9. The van der Waals surface area contributed by atoms with Crippen molar-refractivity contribution in [1.29, 1.82) is 0 Å². The number of fused-ring (bicyclic) bond motifs is 3. The van der Waals surface area contributed by atoms with Gasteiger partial charge < -0.3 is 34.0 Å². The van der Waals surface area contributed by atoms with Crippen LogP contribution in [-0.4, -0.2) is 34.5 Å². The van der Waals surface area contributed by atoms with Gasteiger partial charge in [0, 0.05) is 36.3 Å². The fourth-order valence-electron chi connectivity index (χ4n) is 4.95. The molecule has 0 saturated heterocycles. The molecule has 0 atom stereocenters. The van der Waals surface area contributed by atoms with Gasteiger partial charge in [0.05, 0.1) is 11.5 Å². The first-order chi connectivity index (χ1) is 22.3. The summed E-state index contributed by atoms with van der Waals surface area (Å²) in [5.41, 5.74) is 4.37. The van der Waals surface area contributed by atoms with E-state index < -0.39 is 0 Å². The molecular formula is C36H19N7O2Pd2. The van der Waals surface area contributed by atoms with Gasteiger partial charge in [0.2, 0.25) is 5.95 Å². The molecule has 9 nitrogen and oxygen atoms in total. The summed E-state index contributed by atoms with van der Waals surface area (Å²) in [6.45, 7) is 0. The molecule has 0 unspecified atom stereocenters. The first-order valence-corrected chi connectivity index (χ1v) is 13.9. The Morgan fingerprint density at radius 1 is 0.468 bits per heavy atom. The average Bonchev–Trinajstić information content (AvgIpc) is 3.42. The summed E-state index contributed by atoms with van der Waals surface area (Å²) in [6, 6.07) is 34.1. The van der Waals surface area contributed by atoms with E-state index in [2.05, 4.69) is 54.2 Å². The SMILES string of the molecule is [Pd+2].[Pd+2].[c-]1c(Oc2[c-]c3c(cc2)c2ccc(Oc4[c-]c(-c5ccccn5)cnc4)[c-]c2n3-c2ncccn2)cncc1-c1ccccn1. The Balaban J connectivity index is 0.00000193. The molecule has 0 aliphatic rings. The van der Waals surface area contributed by atoms with E-state index in [0.29, 0.717) is 40.0 Å². The third kappa shape index (κ3) is 6.57. The van der Waals surface area contributed by atoms with Gasteiger partial charge in [0.1, 0.15) is 0 Å². The van der Waals surface area contributed by atoms with Crippen LogP contribution in [0.15, 0.2) is 116 Å². The Morgan fingerprint density at radius 2 is 0.957 bits per heavy atom. The van der Waals surface area contributed by atoms with Gasteiger partial charge in [-0.15, -0.1) is 35.4 Å². The second-order valence-electron chi connectivity index (χ2n) is 9.81. The monoisotopic (exact) mass is 793 g/mol. The van der Waals surface area contributed by atoms with Crippen molar-refractivity contribution in [3.63, 3.8) is 0 Å². The van der Waals surface area contributed by atoms with E-state index in [4.69, 9.17) is 9.47 Å². The molecule has 230 valence electrons. The van der Waals surface area contributed by atoms with Crippen molar-refractivity contribution in [3.8, 4) is 51.5 Å². The molecule has 0 aliphatic carbocycles. The number of nitrogens with zero attached hydrogens (tertiary/aromatic N) is 7. The van der Waals surface area contributed by atoms with Crippen molar-refractivity contribution in [2.24, 2.45) is 0 Å². The van der Waals surface area contributed by atoms with Crippen LogP contribution in [0.3, 0.4) is 0 Å². The van der Waals surface area contributed by atoms with Crippen LogP contribution < -0.4 is 9.47 Å². The Kier molecular flexibility index (Phi) is 9.54. The minimum absolute atomic E-state index is 0. The predicted octanol–water partition coefficient (Wildman–Crippen LogP) is 7.27. The maximum absolute atomic E-state index is 6.18. The van der Waals surface area contributed by atoms with Gasteiger partial charge in [-0.3, -0.25) is 0 Å². The van der Waals surface area contributed by atoms with E-state index in [9.17, 15) is 0 Å². The van der Waals surface area contributed by atoms with Crippen LogP contribution in [0.5, 0.6) is 23.0 Å². The van der Waals surface area contributed by atoms with E-state index in [0.717, 1.165) is 33.3 Å². The zero-order valence-electron chi connectivity index (χ0n) is 24.0. The fraction of sp³-hybridized carbons (Fsp3) is 0. The molecule has 0 aliphatic heterocycles. The van der Waals surface area contributed by atoms with Gasteiger partial charge in [-0.05, 0) is 42.0 Å². The predicted molar refractivity (Wildman–Crippen MR) is 167 cm³/mol. The van der Waals surface area contributed by atoms with Crippen molar-refractivity contribution in [2.45, 2.75) is 0 Å². The standard InChI is InChI=1S/C36H19N7O2.2Pd/c1-3-12-39-32(6-1)24-16-28(22-37-20-24)44-26-8-10-30-31-11-9-27(19-35(31)43(34(30)18-26)36-41-14-5-15-42-36)45-29-17-25(21-38-23-29)33-7-2-4-13-40-33;;/h1-15,20-23H;;/q-4;2*+2. The van der Waals surface area contributed by atoms with Crippen LogP contribution in [0, 0.1) is 24.3 Å². The third-order valence-corrected chi connectivity index (χ3v) is 6.91. The Bertz CT molecular complexity index is 2150. The number of aromatic nitrogens is 7. The zero-order chi connectivity index (χ0) is 30.0. The number of hydrogen-bond donors (Lipinski definition) is 0. The maximum atomic E-state index is 6.18. The van der Waals surface area contributed by atoms with Crippen LogP contribution in [-0.2, 0) is 40.8 Å². The van der Waals surface area contributed by atoms with Crippen LogP contribution in [0.25, 0.3) is 50.3 Å². The van der Waals surface area contributed by atoms with Crippen LogP contribution >= 0.6 is 0 Å². The second-order valence-corrected chi connectivity index (χ2v) is 9.81. The van der Waals surface area contributed by atoms with Crippen molar-refractivity contribution < 1.29 is 50.3 Å². The van der Waals surface area contributed by atoms with Gasteiger partial charge in [0.25, 0.3) is 0 Å². The molecule has 0 amide bonds. The van der Waals surface area contributed by atoms with Crippen molar-refractivity contribution in [3.05, 3.63) is 141 Å².